The molecule has 1 saturated heterocycles. The maximum Gasteiger partial charge on any atom is 0.219 e. The number of hydrogen-bond donors (Lipinski definition) is 1. The zero-order chi connectivity index (χ0) is 9.26. The van der Waals surface area contributed by atoms with Gasteiger partial charge in [-0.05, 0) is 12.5 Å². The summed E-state index contributed by atoms with van der Waals surface area (Å²) in [6.45, 7) is 3.33. The van der Waals surface area contributed by atoms with Crippen molar-refractivity contribution in [1.82, 2.24) is 15.1 Å². The summed E-state index contributed by atoms with van der Waals surface area (Å²) in [4.78, 5) is 12.9. The summed E-state index contributed by atoms with van der Waals surface area (Å²) >= 11 is 0. The van der Waals surface area contributed by atoms with Gasteiger partial charge in [0.1, 0.15) is 0 Å². The number of nitrogens with zero attached hydrogens (tertiary/aromatic N) is 2. The van der Waals surface area contributed by atoms with Crippen LogP contribution in [0.25, 0.3) is 0 Å². The molecule has 1 aromatic heterocycles. The second kappa shape index (κ2) is 3.20. The lowest BCUT2D eigenvalue weighted by atomic mass is 10.1. The lowest BCUT2D eigenvalue weighted by molar-refractivity contribution is -0.127. The Morgan fingerprint density at radius 2 is 2.62 bits per heavy atom. The molecule has 1 atom stereocenters. The van der Waals surface area contributed by atoms with Gasteiger partial charge in [0.05, 0.1) is 0 Å². The van der Waals surface area contributed by atoms with Crippen LogP contribution in [0.3, 0.4) is 0 Å². The van der Waals surface area contributed by atoms with Crippen molar-refractivity contribution in [3.05, 3.63) is 18.0 Å². The van der Waals surface area contributed by atoms with E-state index in [1.807, 2.05) is 11.0 Å². The fourth-order valence-electron chi connectivity index (χ4n) is 1.79. The molecule has 1 aliphatic heterocycles. The van der Waals surface area contributed by atoms with Crippen LogP contribution in [0, 0.1) is 0 Å². The van der Waals surface area contributed by atoms with Crippen molar-refractivity contribution >= 4 is 5.91 Å². The molecule has 2 rings (SSSR count). The minimum absolute atomic E-state index is 0.169. The minimum atomic E-state index is 0.169. The first kappa shape index (κ1) is 8.29. The van der Waals surface area contributed by atoms with Gasteiger partial charge in [-0.1, -0.05) is 0 Å². The highest BCUT2D eigenvalue weighted by atomic mass is 16.2. The van der Waals surface area contributed by atoms with E-state index in [4.69, 9.17) is 0 Å². The number of carbonyl (C=O) groups excluding carboxylic acids is 1. The average molecular weight is 179 g/mol. The summed E-state index contributed by atoms with van der Waals surface area (Å²) in [6.07, 6.45) is 2.80. The third-order valence-electron chi connectivity index (χ3n) is 2.60. The summed E-state index contributed by atoms with van der Waals surface area (Å²) < 4.78 is 0. The van der Waals surface area contributed by atoms with Gasteiger partial charge in [0.25, 0.3) is 0 Å². The normalized spacial score (nSPS) is 22.2. The van der Waals surface area contributed by atoms with Crippen LogP contribution in [0.5, 0.6) is 0 Å². The highest BCUT2D eigenvalue weighted by molar-refractivity contribution is 5.73. The van der Waals surface area contributed by atoms with E-state index < -0.39 is 0 Å². The minimum Gasteiger partial charge on any atom is -0.342 e. The summed E-state index contributed by atoms with van der Waals surface area (Å²) in [6, 6.07) is 1.98. The van der Waals surface area contributed by atoms with Crippen LogP contribution in [-0.4, -0.2) is 34.1 Å². The molecule has 1 N–H and O–H groups in total. The number of hydrogen-bond acceptors (Lipinski definition) is 2. The molecule has 0 bridgehead atoms. The Morgan fingerprint density at radius 1 is 1.77 bits per heavy atom. The van der Waals surface area contributed by atoms with Gasteiger partial charge in [0.15, 0.2) is 0 Å². The Morgan fingerprint density at radius 3 is 3.15 bits per heavy atom. The second-order valence-corrected chi connectivity index (χ2v) is 3.46. The van der Waals surface area contributed by atoms with E-state index >= 15 is 0 Å². The largest absolute Gasteiger partial charge is 0.342 e. The van der Waals surface area contributed by atoms with E-state index in [2.05, 4.69) is 10.2 Å². The molecule has 4 heteroatoms. The van der Waals surface area contributed by atoms with Crippen molar-refractivity contribution in [2.24, 2.45) is 0 Å². The standard InChI is InChI=1S/C9H13N3O/c1-7(13)12-5-3-8(6-12)9-2-4-10-11-9/h2,4,8H,3,5-6H2,1H3,(H,10,11). The molecule has 4 nitrogen and oxygen atoms in total. The lowest BCUT2D eigenvalue weighted by Gasteiger charge is -2.12. The predicted octanol–water partition coefficient (Wildman–Crippen LogP) is 0.745. The fraction of sp³-hybridized carbons (Fsp3) is 0.556. The van der Waals surface area contributed by atoms with Gasteiger partial charge < -0.3 is 4.90 Å². The Bertz CT molecular complexity index is 294. The molecule has 1 aliphatic rings. The Kier molecular flexibility index (Phi) is 2.04. The fourth-order valence-corrected chi connectivity index (χ4v) is 1.79. The number of likely N-dealkylation sites (tertiary alicyclic amines) is 1. The van der Waals surface area contributed by atoms with Gasteiger partial charge in [-0.25, -0.2) is 0 Å². The van der Waals surface area contributed by atoms with E-state index in [0.29, 0.717) is 5.92 Å². The molecule has 1 amide bonds. The Labute approximate surface area is 76.9 Å². The first-order chi connectivity index (χ1) is 6.27. The van der Waals surface area contributed by atoms with Gasteiger partial charge in [0.2, 0.25) is 5.91 Å². The lowest BCUT2D eigenvalue weighted by Crippen LogP contribution is -2.25. The van der Waals surface area contributed by atoms with Crippen LogP contribution in [0.1, 0.15) is 25.0 Å². The molecule has 1 aromatic rings. The van der Waals surface area contributed by atoms with Crippen molar-refractivity contribution in [1.29, 1.82) is 0 Å². The SMILES string of the molecule is CC(=O)N1CCC(c2ccn[nH]2)C1. The first-order valence-corrected chi connectivity index (χ1v) is 4.52. The van der Waals surface area contributed by atoms with Crippen LogP contribution in [0.15, 0.2) is 12.3 Å². The Hall–Kier alpha value is -1.32. The molecule has 2 heterocycles. The molecule has 0 aliphatic carbocycles. The van der Waals surface area contributed by atoms with E-state index in [-0.39, 0.29) is 5.91 Å². The summed E-state index contributed by atoms with van der Waals surface area (Å²) in [5.74, 6) is 0.619. The van der Waals surface area contributed by atoms with Gasteiger partial charge in [-0.15, -0.1) is 0 Å². The van der Waals surface area contributed by atoms with E-state index in [0.717, 1.165) is 25.2 Å². The highest BCUT2D eigenvalue weighted by Crippen LogP contribution is 2.24. The maximum absolute atomic E-state index is 11.1. The van der Waals surface area contributed by atoms with Gasteiger partial charge in [0, 0.05) is 37.8 Å². The number of H-pyrrole nitrogens is 1. The topological polar surface area (TPSA) is 49.0 Å². The zero-order valence-corrected chi connectivity index (χ0v) is 7.66. The molecular formula is C9H13N3O. The molecule has 0 saturated carbocycles. The molecular weight excluding hydrogens is 166 g/mol. The van der Waals surface area contributed by atoms with Crippen LogP contribution in [-0.2, 0) is 4.79 Å². The van der Waals surface area contributed by atoms with Gasteiger partial charge >= 0.3 is 0 Å². The van der Waals surface area contributed by atoms with Gasteiger partial charge in [-0.3, -0.25) is 9.89 Å². The zero-order valence-electron chi connectivity index (χ0n) is 7.66. The van der Waals surface area contributed by atoms with Gasteiger partial charge in [-0.2, -0.15) is 5.10 Å². The molecule has 0 spiro atoms. The summed E-state index contributed by atoms with van der Waals surface area (Å²) in [5.41, 5.74) is 1.14. The first-order valence-electron chi connectivity index (χ1n) is 4.52. The number of rotatable bonds is 1. The van der Waals surface area contributed by atoms with Crippen LogP contribution < -0.4 is 0 Å². The van der Waals surface area contributed by atoms with Crippen molar-refractivity contribution < 1.29 is 4.79 Å². The van der Waals surface area contributed by atoms with Crippen molar-refractivity contribution in [2.45, 2.75) is 19.3 Å². The summed E-state index contributed by atoms with van der Waals surface area (Å²) in [5, 5.41) is 6.86. The average Bonchev–Trinajstić information content (AvgIpc) is 2.75. The third-order valence-corrected chi connectivity index (χ3v) is 2.60. The van der Waals surface area contributed by atoms with E-state index in [1.165, 1.54) is 0 Å². The Balaban J connectivity index is 2.03. The number of aromatic nitrogens is 2. The van der Waals surface area contributed by atoms with Crippen LogP contribution in [0.4, 0.5) is 0 Å². The van der Waals surface area contributed by atoms with E-state index in [9.17, 15) is 4.79 Å². The smallest absolute Gasteiger partial charge is 0.219 e. The summed E-state index contributed by atoms with van der Waals surface area (Å²) in [7, 11) is 0. The molecule has 70 valence electrons. The van der Waals surface area contributed by atoms with Crippen LogP contribution in [0.2, 0.25) is 0 Å². The monoisotopic (exact) mass is 179 g/mol. The predicted molar refractivity (Wildman–Crippen MR) is 48.2 cm³/mol. The maximum atomic E-state index is 11.1. The van der Waals surface area contributed by atoms with Crippen molar-refractivity contribution in [2.75, 3.05) is 13.1 Å². The second-order valence-electron chi connectivity index (χ2n) is 3.46. The van der Waals surface area contributed by atoms with Crippen molar-refractivity contribution in [3.8, 4) is 0 Å². The van der Waals surface area contributed by atoms with Crippen molar-refractivity contribution in [3.63, 3.8) is 0 Å². The number of aromatic amines is 1. The molecule has 0 radical (unpaired) electrons. The molecule has 0 aromatic carbocycles. The van der Waals surface area contributed by atoms with Crippen LogP contribution >= 0.6 is 0 Å². The van der Waals surface area contributed by atoms with E-state index in [1.54, 1.807) is 13.1 Å². The number of nitrogens with one attached hydrogen (secondary N) is 1. The quantitative estimate of drug-likeness (QED) is 0.691. The molecule has 13 heavy (non-hydrogen) atoms. The highest BCUT2D eigenvalue weighted by Gasteiger charge is 2.25. The molecule has 1 fully saturated rings. The number of carbonyl (C=O) groups is 1. The molecule has 1 unspecified atom stereocenters. The third kappa shape index (κ3) is 1.56. The number of amides is 1.